The second-order valence-corrected chi connectivity index (χ2v) is 17.1. The van der Waals surface area contributed by atoms with Crippen molar-refractivity contribution in [2.75, 3.05) is 20.0 Å². The lowest BCUT2D eigenvalue weighted by Crippen LogP contribution is -2.80. The summed E-state index contributed by atoms with van der Waals surface area (Å²) in [5.74, 6) is 3.86. The number of nitrogens with zero attached hydrogens (tertiary/aromatic N) is 1. The minimum atomic E-state index is -2.58. The van der Waals surface area contributed by atoms with Gasteiger partial charge in [-0.15, -0.1) is 0 Å². The molecule has 20 nitrogen and oxygen atoms in total. The summed E-state index contributed by atoms with van der Waals surface area (Å²) in [7, 11) is 0. The molecule has 0 amide bonds. The van der Waals surface area contributed by atoms with Crippen LogP contribution in [0.2, 0.25) is 0 Å². The molecule has 2 bridgehead atoms. The van der Waals surface area contributed by atoms with Gasteiger partial charge in [-0.2, -0.15) is 0 Å². The van der Waals surface area contributed by atoms with Crippen LogP contribution < -0.4 is 34.7 Å². The number of esters is 1. The van der Waals surface area contributed by atoms with E-state index in [-0.39, 0.29) is 54.9 Å². The first kappa shape index (κ1) is 45.0. The second kappa shape index (κ2) is 17.7. The Morgan fingerprint density at radius 3 is 2.60 bits per heavy atom. The van der Waals surface area contributed by atoms with Gasteiger partial charge in [0.05, 0.1) is 35.9 Å². The van der Waals surface area contributed by atoms with Crippen molar-refractivity contribution in [3.8, 4) is 40.6 Å². The molecule has 2 aromatic heterocycles. The van der Waals surface area contributed by atoms with Crippen molar-refractivity contribution in [3.63, 3.8) is 0 Å². The molecule has 6 aliphatic rings. The number of hydrogen-bond acceptors (Lipinski definition) is 17. The van der Waals surface area contributed by atoms with E-state index < -0.39 is 91.7 Å². The first-order chi connectivity index (χ1) is 32.9. The van der Waals surface area contributed by atoms with Crippen molar-refractivity contribution in [1.82, 2.24) is 14.9 Å². The number of aliphatic hydroxyl groups excluding tert-OH is 5. The van der Waals surface area contributed by atoms with Crippen molar-refractivity contribution in [2.24, 2.45) is 5.73 Å². The molecule has 1 fully saturated rings. The molecule has 0 aliphatic carbocycles. The van der Waals surface area contributed by atoms with Crippen LogP contribution in [0.4, 0.5) is 0 Å². The monoisotopic (exact) mass is 936 g/mol. The zero-order chi connectivity index (χ0) is 47.5. The number of benzene rings is 3. The van der Waals surface area contributed by atoms with E-state index in [0.717, 1.165) is 10.9 Å². The number of carboxylic acids is 1. The van der Waals surface area contributed by atoms with Crippen molar-refractivity contribution < 1.29 is 78.5 Å². The van der Waals surface area contributed by atoms with E-state index in [2.05, 4.69) is 22.1 Å². The number of hydrogen-bond donors (Lipinski definition) is 10. The standard InChI is InChI=1S/C48H48N4O16/c49-45-44(66-35(58)19-34(56)57)48(12-14-51-45)47(61)11-4-7-26-28(21-52-20-25-10-13-50-38(25)29(52)22-54)37-33(18-31(26)65-46(68-48)39(59)43(47)60)64-32(17-24-5-2-1-3-6-24)36-27-8-9-30(63-23-55)41(62-16-15-53)40(27)67-42(36)37/h1-3,5-6,8-10,12-14,18,20,32,36,39,42-46,50-51,53-55,59-61H,11,15-17,19,21-23,49H2,(H,56,57)/t32-,36-,39-,42-,43-,44-,45+,46-,47+,48-/m1/s1. The van der Waals surface area contributed by atoms with Crippen LogP contribution in [0.1, 0.15) is 58.4 Å². The van der Waals surface area contributed by atoms with Crippen LogP contribution in [0.15, 0.2) is 79.3 Å². The predicted octanol–water partition coefficient (Wildman–Crippen LogP) is 0.901. The highest BCUT2D eigenvalue weighted by atomic mass is 16.7. The highest BCUT2D eigenvalue weighted by Crippen LogP contribution is 2.60. The number of aromatic nitrogens is 2. The first-order valence-corrected chi connectivity index (χ1v) is 21.9. The van der Waals surface area contributed by atoms with Crippen LogP contribution in [0, 0.1) is 11.8 Å². The Kier molecular flexibility index (Phi) is 11.7. The molecule has 11 rings (SSSR count). The highest BCUT2D eigenvalue weighted by molar-refractivity contribution is 5.90. The zero-order valence-electron chi connectivity index (χ0n) is 36.1. The number of ether oxygens (including phenoxy) is 7. The molecule has 68 heavy (non-hydrogen) atoms. The number of aliphatic carboxylic acids is 1. The molecule has 0 unspecified atom stereocenters. The Balaban J connectivity index is 1.18. The van der Waals surface area contributed by atoms with Crippen LogP contribution in [0.25, 0.3) is 10.9 Å². The lowest BCUT2D eigenvalue weighted by atomic mass is 9.67. The average molecular weight is 937 g/mol. The highest BCUT2D eigenvalue weighted by Gasteiger charge is 2.69. The molecular formula is C48H48N4O16. The van der Waals surface area contributed by atoms with E-state index in [1.54, 1.807) is 18.3 Å². The maximum Gasteiger partial charge on any atom is 0.317 e. The van der Waals surface area contributed by atoms with Crippen LogP contribution in [0.5, 0.6) is 28.7 Å². The van der Waals surface area contributed by atoms with Gasteiger partial charge in [0.15, 0.2) is 30.0 Å². The molecule has 0 radical (unpaired) electrons. The van der Waals surface area contributed by atoms with Gasteiger partial charge in [0, 0.05) is 59.9 Å². The maximum absolute atomic E-state index is 12.9. The molecule has 0 saturated carbocycles. The fourth-order valence-electron chi connectivity index (χ4n) is 10.2. The van der Waals surface area contributed by atoms with Gasteiger partial charge in [0.1, 0.15) is 60.7 Å². The van der Waals surface area contributed by atoms with Crippen molar-refractivity contribution in [3.05, 3.63) is 113 Å². The number of fused-ring (bicyclic) bond motifs is 8. The fraction of sp³-hybridized carbons (Fsp3) is 0.375. The SMILES string of the molecule is N[C@H]1NC=C[C@@]2(O[C@H]3Oc4cc5c(c(Cn6cc7cc[nH]c7c6CO)c4C#CC[C@]2(O)[C@H](O)[C@H]3O)[C@@H]2Oc3c(ccc(OCO)c3OCCO)[C@@H]2[C@@H](Cc2ccccc2)O5)[C@@H]1OC(=O)CC(=O)O. The molecule has 5 aromatic rings. The summed E-state index contributed by atoms with van der Waals surface area (Å²) in [5.41, 5.74) is 5.68. The normalized spacial score (nSPS) is 28.3. The quantitative estimate of drug-likeness (QED) is 0.0340. The van der Waals surface area contributed by atoms with Crippen molar-refractivity contribution in [1.29, 1.82) is 0 Å². The molecule has 10 atom stereocenters. The summed E-state index contributed by atoms with van der Waals surface area (Å²) in [6, 6.07) is 16.6. The van der Waals surface area contributed by atoms with Crippen LogP contribution in [0.3, 0.4) is 0 Å². The molecule has 356 valence electrons. The number of aliphatic hydroxyl groups is 6. The third-order valence-electron chi connectivity index (χ3n) is 13.2. The number of H-pyrrole nitrogens is 1. The Bertz CT molecular complexity index is 2850. The molecule has 11 N–H and O–H groups in total. The number of nitrogens with one attached hydrogen (secondary N) is 2. The van der Waals surface area contributed by atoms with Gasteiger partial charge >= 0.3 is 11.9 Å². The number of aromatic amines is 1. The average Bonchev–Trinajstić information content (AvgIpc) is 4.03. The Labute approximate surface area is 387 Å². The van der Waals surface area contributed by atoms with Crippen LogP contribution in [-0.2, 0) is 38.6 Å². The first-order valence-electron chi connectivity index (χ1n) is 21.9. The van der Waals surface area contributed by atoms with E-state index in [0.29, 0.717) is 40.1 Å². The smallest absolute Gasteiger partial charge is 0.317 e. The fourth-order valence-corrected chi connectivity index (χ4v) is 10.2. The maximum atomic E-state index is 12.9. The van der Waals surface area contributed by atoms with E-state index in [9.17, 15) is 45.3 Å². The summed E-state index contributed by atoms with van der Waals surface area (Å²) < 4.78 is 46.2. The van der Waals surface area contributed by atoms with Crippen molar-refractivity contribution >= 4 is 22.8 Å². The van der Waals surface area contributed by atoms with E-state index in [1.807, 2.05) is 53.2 Å². The summed E-state index contributed by atoms with van der Waals surface area (Å²) >= 11 is 0. The topological polar surface area (TPSA) is 299 Å². The van der Waals surface area contributed by atoms with Gasteiger partial charge < -0.3 is 89.5 Å². The van der Waals surface area contributed by atoms with E-state index in [1.165, 1.54) is 12.3 Å². The van der Waals surface area contributed by atoms with Gasteiger partial charge in [-0.1, -0.05) is 48.2 Å². The van der Waals surface area contributed by atoms with Gasteiger partial charge in [0.2, 0.25) is 12.0 Å². The zero-order valence-corrected chi connectivity index (χ0v) is 36.1. The number of rotatable bonds is 13. The van der Waals surface area contributed by atoms with Gasteiger partial charge in [0.25, 0.3) is 0 Å². The summed E-state index contributed by atoms with van der Waals surface area (Å²) in [6.07, 6.45) is -5.44. The summed E-state index contributed by atoms with van der Waals surface area (Å²) in [6.45, 7) is -1.44. The molecular weight excluding hydrogens is 889 g/mol. The summed E-state index contributed by atoms with van der Waals surface area (Å²) in [5, 5.41) is 79.7. The number of carbonyl (C=O) groups excluding carboxylic acids is 1. The van der Waals surface area contributed by atoms with Crippen LogP contribution >= 0.6 is 0 Å². The Morgan fingerprint density at radius 1 is 1.01 bits per heavy atom. The third kappa shape index (κ3) is 7.35. The van der Waals surface area contributed by atoms with Gasteiger partial charge in [-0.25, -0.2) is 0 Å². The largest absolute Gasteiger partial charge is 0.489 e. The Morgan fingerprint density at radius 2 is 1.84 bits per heavy atom. The Hall–Kier alpha value is -6.80. The van der Waals surface area contributed by atoms with Crippen LogP contribution in [-0.4, -0.2) is 125 Å². The lowest BCUT2D eigenvalue weighted by molar-refractivity contribution is -0.355. The molecule has 8 heterocycles. The number of nitrogens with two attached hydrogens (primary N) is 1. The molecule has 6 aliphatic heterocycles. The van der Waals surface area contributed by atoms with Gasteiger partial charge in [-0.3, -0.25) is 9.59 Å². The minimum Gasteiger partial charge on any atom is -0.489 e. The molecule has 1 spiro atoms. The number of carboxylic acid groups (broad SMARTS) is 1. The van der Waals surface area contributed by atoms with E-state index in [4.69, 9.17) is 38.9 Å². The predicted molar refractivity (Wildman–Crippen MR) is 234 cm³/mol. The van der Waals surface area contributed by atoms with E-state index >= 15 is 0 Å². The third-order valence-corrected chi connectivity index (χ3v) is 13.2. The lowest BCUT2D eigenvalue weighted by Gasteiger charge is -2.57. The summed E-state index contributed by atoms with van der Waals surface area (Å²) in [4.78, 5) is 27.6. The molecule has 3 aromatic carbocycles. The molecule has 20 heteroatoms. The minimum absolute atomic E-state index is 0.00733. The molecule has 1 saturated heterocycles. The van der Waals surface area contributed by atoms with Crippen molar-refractivity contribution in [2.45, 2.75) is 92.5 Å². The van der Waals surface area contributed by atoms with Gasteiger partial charge in [-0.05, 0) is 30.0 Å². The number of carbonyl (C=O) groups is 2. The second-order valence-electron chi connectivity index (χ2n) is 17.1.